The van der Waals surface area contributed by atoms with E-state index < -0.39 is 0 Å². The van der Waals surface area contributed by atoms with Gasteiger partial charge >= 0.3 is 0 Å². The van der Waals surface area contributed by atoms with Crippen LogP contribution < -0.4 is 0 Å². The number of rotatable bonds is 3. The Bertz CT molecular complexity index is 676. The van der Waals surface area contributed by atoms with Crippen LogP contribution in [0.15, 0.2) is 54.6 Å². The van der Waals surface area contributed by atoms with Crippen molar-refractivity contribution in [2.45, 2.75) is 18.6 Å². The monoisotopic (exact) mass is 324 g/mol. The van der Waals surface area contributed by atoms with Gasteiger partial charge in [-0.05, 0) is 23.3 Å². The van der Waals surface area contributed by atoms with Crippen molar-refractivity contribution in [2.24, 2.45) is 0 Å². The van der Waals surface area contributed by atoms with Crippen LogP contribution in [-0.4, -0.2) is 53.8 Å². The Morgan fingerprint density at radius 2 is 1.88 bits per heavy atom. The summed E-state index contributed by atoms with van der Waals surface area (Å²) < 4.78 is 5.92. The molecule has 4 nitrogen and oxygen atoms in total. The van der Waals surface area contributed by atoms with Gasteiger partial charge in [-0.25, -0.2) is 0 Å². The molecule has 4 heteroatoms. The minimum absolute atomic E-state index is 0.344. The van der Waals surface area contributed by atoms with E-state index in [0.717, 1.165) is 39.4 Å². The molecular formula is C20H24N2O2. The van der Waals surface area contributed by atoms with Crippen LogP contribution in [0.1, 0.15) is 17.2 Å². The molecule has 0 aliphatic carbocycles. The van der Waals surface area contributed by atoms with Gasteiger partial charge in [0.05, 0.1) is 19.3 Å². The van der Waals surface area contributed by atoms with Gasteiger partial charge in [0.1, 0.15) is 5.75 Å². The molecule has 2 aromatic rings. The highest BCUT2D eigenvalue weighted by Gasteiger charge is 2.36. The van der Waals surface area contributed by atoms with Gasteiger partial charge in [-0.15, -0.1) is 0 Å². The maximum absolute atomic E-state index is 9.64. The maximum Gasteiger partial charge on any atom is 0.115 e. The fraction of sp³-hybridized carbons (Fsp3) is 0.400. The smallest absolute Gasteiger partial charge is 0.115 e. The molecule has 1 N–H and O–H groups in total. The summed E-state index contributed by atoms with van der Waals surface area (Å²) in [6, 6.07) is 19.1. The molecule has 0 bridgehead atoms. The molecule has 2 heterocycles. The second-order valence-corrected chi connectivity index (χ2v) is 6.76. The summed E-state index contributed by atoms with van der Waals surface area (Å²) >= 11 is 0. The molecule has 2 atom stereocenters. The summed E-state index contributed by atoms with van der Waals surface area (Å²) in [5.74, 6) is 0.344. The number of hydrogen-bond acceptors (Lipinski definition) is 4. The molecule has 2 fully saturated rings. The Hall–Kier alpha value is -1.88. The number of ether oxygens (including phenoxy) is 1. The van der Waals surface area contributed by atoms with Crippen LogP contribution in [-0.2, 0) is 11.3 Å². The molecule has 0 amide bonds. The molecule has 2 saturated heterocycles. The maximum atomic E-state index is 9.64. The molecule has 2 aliphatic heterocycles. The van der Waals surface area contributed by atoms with Crippen molar-refractivity contribution in [3.8, 4) is 5.75 Å². The van der Waals surface area contributed by atoms with Gasteiger partial charge in [0, 0.05) is 32.2 Å². The second-order valence-electron chi connectivity index (χ2n) is 6.76. The van der Waals surface area contributed by atoms with Crippen molar-refractivity contribution in [2.75, 3.05) is 32.8 Å². The normalized spacial score (nSPS) is 25.3. The first-order valence-electron chi connectivity index (χ1n) is 8.68. The Balaban J connectivity index is 1.44. The Morgan fingerprint density at radius 3 is 2.71 bits per heavy atom. The van der Waals surface area contributed by atoms with E-state index in [1.165, 1.54) is 11.1 Å². The number of fused-ring (bicyclic) bond motifs is 1. The van der Waals surface area contributed by atoms with E-state index in [9.17, 15) is 5.11 Å². The van der Waals surface area contributed by atoms with Crippen LogP contribution in [0.2, 0.25) is 0 Å². The van der Waals surface area contributed by atoms with Gasteiger partial charge in [0.25, 0.3) is 0 Å². The molecule has 126 valence electrons. The number of hydrogen-bond donors (Lipinski definition) is 1. The number of aromatic hydroxyl groups is 1. The third kappa shape index (κ3) is 3.31. The average Bonchev–Trinajstić information content (AvgIpc) is 2.62. The number of nitrogens with zero attached hydrogens (tertiary/aromatic N) is 2. The predicted octanol–water partition coefficient (Wildman–Crippen LogP) is 2.65. The van der Waals surface area contributed by atoms with Gasteiger partial charge in [0.15, 0.2) is 0 Å². The summed E-state index contributed by atoms with van der Waals surface area (Å²) in [7, 11) is 0. The first-order valence-corrected chi connectivity index (χ1v) is 8.68. The number of piperazine rings is 1. The predicted molar refractivity (Wildman–Crippen MR) is 93.9 cm³/mol. The largest absolute Gasteiger partial charge is 0.508 e. The Kier molecular flexibility index (Phi) is 4.52. The summed E-state index contributed by atoms with van der Waals surface area (Å²) in [6.07, 6.45) is 0. The topological polar surface area (TPSA) is 35.9 Å². The number of benzene rings is 2. The summed E-state index contributed by atoms with van der Waals surface area (Å²) in [5.41, 5.74) is 2.52. The first kappa shape index (κ1) is 15.6. The molecule has 4 rings (SSSR count). The third-order valence-electron chi connectivity index (χ3n) is 5.10. The molecule has 2 aromatic carbocycles. The second kappa shape index (κ2) is 6.93. The minimum Gasteiger partial charge on any atom is -0.508 e. The van der Waals surface area contributed by atoms with Crippen LogP contribution in [0.25, 0.3) is 0 Å². The van der Waals surface area contributed by atoms with Gasteiger partial charge in [-0.2, -0.15) is 0 Å². The molecule has 0 radical (unpaired) electrons. The highest BCUT2D eigenvalue weighted by atomic mass is 16.5. The number of phenolic OH excluding ortho intramolecular Hbond substituents is 1. The van der Waals surface area contributed by atoms with Crippen molar-refractivity contribution in [3.63, 3.8) is 0 Å². The lowest BCUT2D eigenvalue weighted by molar-refractivity contribution is -0.0836. The lowest BCUT2D eigenvalue weighted by Gasteiger charge is -2.48. The molecule has 0 spiro atoms. The number of morpholine rings is 1. The van der Waals surface area contributed by atoms with E-state index in [-0.39, 0.29) is 0 Å². The zero-order chi connectivity index (χ0) is 16.4. The highest BCUT2D eigenvalue weighted by Crippen LogP contribution is 2.30. The SMILES string of the molecule is Oc1cccc(CN2CCN3[C@@H](COC[C@@H]3c3ccccc3)C2)c1. The molecular weight excluding hydrogens is 300 g/mol. The number of phenols is 1. The highest BCUT2D eigenvalue weighted by molar-refractivity contribution is 5.27. The zero-order valence-corrected chi connectivity index (χ0v) is 13.8. The van der Waals surface area contributed by atoms with E-state index in [4.69, 9.17) is 4.74 Å². The quantitative estimate of drug-likeness (QED) is 0.942. The van der Waals surface area contributed by atoms with E-state index in [0.29, 0.717) is 17.8 Å². The minimum atomic E-state index is 0.344. The molecule has 0 unspecified atom stereocenters. The van der Waals surface area contributed by atoms with Crippen LogP contribution >= 0.6 is 0 Å². The molecule has 0 saturated carbocycles. The summed E-state index contributed by atoms with van der Waals surface area (Å²) in [5, 5.41) is 9.64. The average molecular weight is 324 g/mol. The van der Waals surface area contributed by atoms with E-state index in [1.807, 2.05) is 12.1 Å². The van der Waals surface area contributed by atoms with Crippen molar-refractivity contribution in [1.29, 1.82) is 0 Å². The zero-order valence-electron chi connectivity index (χ0n) is 13.8. The van der Waals surface area contributed by atoms with Crippen molar-refractivity contribution in [1.82, 2.24) is 9.80 Å². The third-order valence-corrected chi connectivity index (χ3v) is 5.10. The van der Waals surface area contributed by atoms with Gasteiger partial charge in [-0.1, -0.05) is 42.5 Å². The van der Waals surface area contributed by atoms with E-state index in [1.54, 1.807) is 6.07 Å². The summed E-state index contributed by atoms with van der Waals surface area (Å²) in [6.45, 7) is 5.60. The standard InChI is InChI=1S/C20H24N2O2/c23-19-8-4-5-16(11-19)12-21-9-10-22-18(13-21)14-24-15-20(22)17-6-2-1-3-7-17/h1-8,11,18,20,23H,9-10,12-15H2/t18-,20-/m1/s1. The van der Waals surface area contributed by atoms with Crippen molar-refractivity contribution >= 4 is 0 Å². The Morgan fingerprint density at radius 1 is 1.00 bits per heavy atom. The fourth-order valence-electron chi connectivity index (χ4n) is 3.92. The van der Waals surface area contributed by atoms with Crippen LogP contribution in [0.3, 0.4) is 0 Å². The van der Waals surface area contributed by atoms with E-state index in [2.05, 4.69) is 46.2 Å². The van der Waals surface area contributed by atoms with Crippen molar-refractivity contribution < 1.29 is 9.84 Å². The fourth-order valence-corrected chi connectivity index (χ4v) is 3.92. The van der Waals surface area contributed by atoms with Gasteiger partial charge in [0.2, 0.25) is 0 Å². The van der Waals surface area contributed by atoms with Crippen molar-refractivity contribution in [3.05, 3.63) is 65.7 Å². The molecule has 0 aromatic heterocycles. The van der Waals surface area contributed by atoms with Gasteiger partial charge < -0.3 is 9.84 Å². The van der Waals surface area contributed by atoms with Crippen LogP contribution in [0.4, 0.5) is 0 Å². The molecule has 24 heavy (non-hydrogen) atoms. The molecule has 2 aliphatic rings. The van der Waals surface area contributed by atoms with E-state index >= 15 is 0 Å². The van der Waals surface area contributed by atoms with Crippen LogP contribution in [0.5, 0.6) is 5.75 Å². The first-order chi connectivity index (χ1) is 11.8. The Labute approximate surface area is 143 Å². The summed E-state index contributed by atoms with van der Waals surface area (Å²) in [4.78, 5) is 5.07. The lowest BCUT2D eigenvalue weighted by Crippen LogP contribution is -2.58. The van der Waals surface area contributed by atoms with Crippen LogP contribution in [0, 0.1) is 0 Å². The van der Waals surface area contributed by atoms with Gasteiger partial charge in [-0.3, -0.25) is 9.80 Å². The lowest BCUT2D eigenvalue weighted by atomic mass is 10.00.